The van der Waals surface area contributed by atoms with Crippen molar-refractivity contribution >= 4 is 15.9 Å². The molecule has 84 valence electrons. The summed E-state index contributed by atoms with van der Waals surface area (Å²) in [6, 6.07) is 3.91. The summed E-state index contributed by atoms with van der Waals surface area (Å²) in [5.41, 5.74) is 1.95. The summed E-state index contributed by atoms with van der Waals surface area (Å²) in [6.45, 7) is 0.745. The van der Waals surface area contributed by atoms with E-state index in [1.165, 1.54) is 0 Å². The second-order valence-corrected chi connectivity index (χ2v) is 4.25. The van der Waals surface area contributed by atoms with Crippen molar-refractivity contribution < 1.29 is 0 Å². The predicted octanol–water partition coefficient (Wildman–Crippen LogP) is 1.96. The molecule has 5 heteroatoms. The zero-order valence-electron chi connectivity index (χ0n) is 9.24. The minimum Gasteiger partial charge on any atom is -0.324 e. The van der Waals surface area contributed by atoms with Crippen LogP contribution in [0.2, 0.25) is 0 Å². The first-order valence-corrected chi connectivity index (χ1v) is 5.79. The molecule has 0 aromatic carbocycles. The summed E-state index contributed by atoms with van der Waals surface area (Å²) in [5, 5.41) is 3.10. The van der Waals surface area contributed by atoms with E-state index in [2.05, 4.69) is 31.2 Å². The van der Waals surface area contributed by atoms with Crippen molar-refractivity contribution in [3.8, 4) is 11.3 Å². The first kappa shape index (κ1) is 11.3. The third kappa shape index (κ3) is 2.01. The van der Waals surface area contributed by atoms with Gasteiger partial charge in [0.15, 0.2) is 0 Å². The summed E-state index contributed by atoms with van der Waals surface area (Å²) >= 11 is 3.55. The van der Waals surface area contributed by atoms with Crippen molar-refractivity contribution in [1.29, 1.82) is 0 Å². The zero-order chi connectivity index (χ0) is 11.5. The van der Waals surface area contributed by atoms with Gasteiger partial charge in [-0.1, -0.05) is 0 Å². The largest absolute Gasteiger partial charge is 0.324 e. The summed E-state index contributed by atoms with van der Waals surface area (Å²) in [5.74, 6) is 0.994. The lowest BCUT2D eigenvalue weighted by molar-refractivity contribution is 0.704. The fourth-order valence-electron chi connectivity index (χ4n) is 1.53. The van der Waals surface area contributed by atoms with Gasteiger partial charge in [-0.25, -0.2) is 4.98 Å². The molecule has 0 radical (unpaired) electrons. The van der Waals surface area contributed by atoms with Crippen LogP contribution < -0.4 is 5.32 Å². The fraction of sp³-hybridized carbons (Fsp3) is 0.273. The normalized spacial score (nSPS) is 10.7. The molecule has 0 spiro atoms. The number of aromatic nitrogens is 3. The SMILES string of the molecule is CNCc1nc(-c2cccnc2)c(Br)n1C. The minimum absolute atomic E-state index is 0.745. The van der Waals surface area contributed by atoms with Crippen LogP contribution in [-0.4, -0.2) is 21.6 Å². The van der Waals surface area contributed by atoms with E-state index in [4.69, 9.17) is 0 Å². The van der Waals surface area contributed by atoms with Crippen LogP contribution in [0.3, 0.4) is 0 Å². The van der Waals surface area contributed by atoms with Gasteiger partial charge in [-0.05, 0) is 35.1 Å². The zero-order valence-corrected chi connectivity index (χ0v) is 10.8. The monoisotopic (exact) mass is 280 g/mol. The van der Waals surface area contributed by atoms with Gasteiger partial charge < -0.3 is 9.88 Å². The van der Waals surface area contributed by atoms with Gasteiger partial charge in [0.1, 0.15) is 16.1 Å². The Morgan fingerprint density at radius 1 is 1.50 bits per heavy atom. The summed E-state index contributed by atoms with van der Waals surface area (Å²) in [7, 11) is 3.90. The molecule has 0 saturated carbocycles. The Morgan fingerprint density at radius 2 is 2.31 bits per heavy atom. The molecule has 0 atom stereocenters. The number of pyridine rings is 1. The summed E-state index contributed by atoms with van der Waals surface area (Å²) < 4.78 is 3.00. The van der Waals surface area contributed by atoms with Crippen LogP contribution in [0.25, 0.3) is 11.3 Å². The van der Waals surface area contributed by atoms with Gasteiger partial charge in [-0.2, -0.15) is 0 Å². The standard InChI is InChI=1S/C11H13BrN4/c1-13-7-9-15-10(11(12)16(9)2)8-4-3-5-14-6-8/h3-6,13H,7H2,1-2H3. The highest BCUT2D eigenvalue weighted by atomic mass is 79.9. The second-order valence-electron chi connectivity index (χ2n) is 3.50. The molecule has 2 heterocycles. The van der Waals surface area contributed by atoms with E-state index in [0.29, 0.717) is 0 Å². The Balaban J connectivity index is 2.46. The molecular weight excluding hydrogens is 268 g/mol. The van der Waals surface area contributed by atoms with Crippen molar-refractivity contribution in [1.82, 2.24) is 19.9 Å². The van der Waals surface area contributed by atoms with Gasteiger partial charge in [0.25, 0.3) is 0 Å². The van der Waals surface area contributed by atoms with Crippen LogP contribution in [-0.2, 0) is 13.6 Å². The van der Waals surface area contributed by atoms with Crippen molar-refractivity contribution in [3.63, 3.8) is 0 Å². The minimum atomic E-state index is 0.745. The Labute approximate surface area is 103 Å². The number of nitrogens with zero attached hydrogens (tertiary/aromatic N) is 3. The van der Waals surface area contributed by atoms with E-state index in [9.17, 15) is 0 Å². The molecule has 0 aliphatic carbocycles. The van der Waals surface area contributed by atoms with Crippen LogP contribution in [0, 0.1) is 0 Å². The molecule has 16 heavy (non-hydrogen) atoms. The fourth-order valence-corrected chi connectivity index (χ4v) is 2.05. The van der Waals surface area contributed by atoms with Gasteiger partial charge in [-0.15, -0.1) is 0 Å². The quantitative estimate of drug-likeness (QED) is 0.935. The van der Waals surface area contributed by atoms with Crippen LogP contribution in [0.1, 0.15) is 5.82 Å². The maximum Gasteiger partial charge on any atom is 0.124 e. The van der Waals surface area contributed by atoms with Crippen LogP contribution in [0.4, 0.5) is 0 Å². The molecule has 0 saturated heterocycles. The summed E-state index contributed by atoms with van der Waals surface area (Å²) in [6.07, 6.45) is 3.57. The van der Waals surface area contributed by atoms with Crippen LogP contribution in [0.15, 0.2) is 29.1 Å². The maximum atomic E-state index is 4.58. The lowest BCUT2D eigenvalue weighted by atomic mass is 10.2. The Morgan fingerprint density at radius 3 is 2.94 bits per heavy atom. The summed E-state index contributed by atoms with van der Waals surface area (Å²) in [4.78, 5) is 8.68. The molecule has 0 fully saturated rings. The lowest BCUT2D eigenvalue weighted by Crippen LogP contribution is -2.10. The van der Waals surface area contributed by atoms with Crippen molar-refractivity contribution in [2.45, 2.75) is 6.54 Å². The Bertz CT molecular complexity index is 478. The predicted molar refractivity (Wildman–Crippen MR) is 66.9 cm³/mol. The third-order valence-electron chi connectivity index (χ3n) is 2.39. The molecule has 2 aromatic heterocycles. The molecule has 0 aliphatic heterocycles. The number of rotatable bonds is 3. The highest BCUT2D eigenvalue weighted by Crippen LogP contribution is 2.27. The van der Waals surface area contributed by atoms with E-state index >= 15 is 0 Å². The molecule has 2 rings (SSSR count). The maximum absolute atomic E-state index is 4.58. The van der Waals surface area contributed by atoms with Crippen LogP contribution >= 0.6 is 15.9 Å². The highest BCUT2D eigenvalue weighted by Gasteiger charge is 2.13. The smallest absolute Gasteiger partial charge is 0.124 e. The molecule has 1 N–H and O–H groups in total. The van der Waals surface area contributed by atoms with Gasteiger partial charge in [0.2, 0.25) is 0 Å². The van der Waals surface area contributed by atoms with E-state index in [1.54, 1.807) is 6.20 Å². The lowest BCUT2D eigenvalue weighted by Gasteiger charge is -2.00. The topological polar surface area (TPSA) is 42.7 Å². The third-order valence-corrected chi connectivity index (χ3v) is 3.30. The van der Waals surface area contributed by atoms with Gasteiger partial charge >= 0.3 is 0 Å². The number of hydrogen-bond donors (Lipinski definition) is 1. The Kier molecular flexibility index (Phi) is 3.36. The molecule has 0 unspecified atom stereocenters. The molecule has 0 bridgehead atoms. The van der Waals surface area contributed by atoms with Gasteiger partial charge in [-0.3, -0.25) is 4.98 Å². The number of nitrogens with one attached hydrogen (secondary N) is 1. The van der Waals surface area contributed by atoms with Gasteiger partial charge in [0.05, 0.1) is 6.54 Å². The van der Waals surface area contributed by atoms with Crippen molar-refractivity contribution in [2.24, 2.45) is 7.05 Å². The van der Waals surface area contributed by atoms with E-state index in [0.717, 1.165) is 28.2 Å². The average molecular weight is 281 g/mol. The molecule has 2 aromatic rings. The van der Waals surface area contributed by atoms with E-state index in [1.807, 2.05) is 37.0 Å². The van der Waals surface area contributed by atoms with E-state index < -0.39 is 0 Å². The second kappa shape index (κ2) is 4.76. The number of hydrogen-bond acceptors (Lipinski definition) is 3. The van der Waals surface area contributed by atoms with Crippen molar-refractivity contribution in [3.05, 3.63) is 35.0 Å². The van der Waals surface area contributed by atoms with Crippen LogP contribution in [0.5, 0.6) is 0 Å². The van der Waals surface area contributed by atoms with Crippen molar-refractivity contribution in [2.75, 3.05) is 7.05 Å². The number of imidazole rings is 1. The molecule has 4 nitrogen and oxygen atoms in total. The highest BCUT2D eigenvalue weighted by molar-refractivity contribution is 9.10. The molecular formula is C11H13BrN4. The first-order chi connectivity index (χ1) is 7.74. The van der Waals surface area contributed by atoms with E-state index in [-0.39, 0.29) is 0 Å². The first-order valence-electron chi connectivity index (χ1n) is 5.00. The molecule has 0 aliphatic rings. The molecule has 0 amide bonds. The average Bonchev–Trinajstić information content (AvgIpc) is 2.59. The van der Waals surface area contributed by atoms with Gasteiger partial charge in [0, 0.05) is 25.0 Å². The number of halogens is 1. The Hall–Kier alpha value is -1.20.